The first kappa shape index (κ1) is 22.6. The molecule has 4 rings (SSSR count). The van der Waals surface area contributed by atoms with E-state index in [0.29, 0.717) is 31.7 Å². The highest BCUT2D eigenvalue weighted by Gasteiger charge is 2.17. The largest absolute Gasteiger partial charge is 0.453 e. The maximum Gasteiger partial charge on any atom is 0.267 e. The van der Waals surface area contributed by atoms with E-state index in [9.17, 15) is 4.79 Å². The zero-order chi connectivity index (χ0) is 23.0. The van der Waals surface area contributed by atoms with E-state index in [2.05, 4.69) is 10.3 Å². The monoisotopic (exact) mass is 511 g/mol. The van der Waals surface area contributed by atoms with Crippen molar-refractivity contribution in [2.75, 3.05) is 5.73 Å². The standard InChI is InChI=1S/C22H14Cl4FN3O2/c23-11-3-13(28)7-14(4-11)32-21-16(25)2-1-10(20(21)27)9-29-22(31)19-8-15-17(26)5-12(24)6-18(15)30-19/h1-8,30H,9,28H2,(H,29,31). The number of nitrogens with one attached hydrogen (secondary N) is 2. The van der Waals surface area contributed by atoms with Gasteiger partial charge in [-0.2, -0.15) is 0 Å². The Morgan fingerprint density at radius 3 is 2.50 bits per heavy atom. The van der Waals surface area contributed by atoms with E-state index >= 15 is 4.39 Å². The molecule has 3 aromatic carbocycles. The van der Waals surface area contributed by atoms with Gasteiger partial charge in [0.25, 0.3) is 5.91 Å². The first-order chi connectivity index (χ1) is 15.2. The van der Waals surface area contributed by atoms with E-state index in [1.807, 2.05) is 0 Å². The summed E-state index contributed by atoms with van der Waals surface area (Å²) in [6.45, 7) is -0.111. The van der Waals surface area contributed by atoms with Crippen LogP contribution in [0.1, 0.15) is 16.1 Å². The second-order valence-electron chi connectivity index (χ2n) is 6.89. The molecule has 4 aromatic rings. The summed E-state index contributed by atoms with van der Waals surface area (Å²) in [6, 6.07) is 12.3. The van der Waals surface area contributed by atoms with Gasteiger partial charge in [0.2, 0.25) is 0 Å². The maximum absolute atomic E-state index is 15.1. The van der Waals surface area contributed by atoms with Crippen LogP contribution in [-0.2, 0) is 6.54 Å². The number of amides is 1. The number of nitrogen functional groups attached to an aromatic ring is 1. The molecule has 0 aliphatic rings. The van der Waals surface area contributed by atoms with Crippen LogP contribution in [0.25, 0.3) is 10.9 Å². The van der Waals surface area contributed by atoms with E-state index in [1.54, 1.807) is 18.2 Å². The number of carbonyl (C=O) groups is 1. The number of hydrogen-bond acceptors (Lipinski definition) is 3. The third-order valence-corrected chi connectivity index (χ3v) is 5.63. The van der Waals surface area contributed by atoms with Crippen LogP contribution in [0.4, 0.5) is 10.1 Å². The van der Waals surface area contributed by atoms with Crippen LogP contribution >= 0.6 is 46.4 Å². The summed E-state index contributed by atoms with van der Waals surface area (Å²) in [5.74, 6) is -1.15. The normalized spacial score (nSPS) is 11.0. The second kappa shape index (κ2) is 9.08. The smallest absolute Gasteiger partial charge is 0.267 e. The Kier molecular flexibility index (Phi) is 6.40. The molecule has 0 bridgehead atoms. The van der Waals surface area contributed by atoms with Crippen LogP contribution in [0, 0.1) is 5.82 Å². The van der Waals surface area contributed by atoms with Crippen molar-refractivity contribution in [3.05, 3.63) is 85.7 Å². The van der Waals surface area contributed by atoms with Crippen molar-refractivity contribution in [3.63, 3.8) is 0 Å². The Morgan fingerprint density at radius 2 is 1.75 bits per heavy atom. The molecule has 1 amide bonds. The van der Waals surface area contributed by atoms with Crippen molar-refractivity contribution in [1.82, 2.24) is 10.3 Å². The SMILES string of the molecule is Nc1cc(Cl)cc(Oc2c(Cl)ccc(CNC(=O)c3cc4c(Cl)cc(Cl)cc4[nH]3)c2F)c1. The van der Waals surface area contributed by atoms with Crippen molar-refractivity contribution in [2.24, 2.45) is 0 Å². The first-order valence-electron chi connectivity index (χ1n) is 9.18. The third kappa shape index (κ3) is 4.74. The van der Waals surface area contributed by atoms with Crippen molar-refractivity contribution >= 4 is 68.9 Å². The molecule has 164 valence electrons. The number of H-pyrrole nitrogens is 1. The fourth-order valence-corrected chi connectivity index (χ4v) is 4.08. The predicted octanol–water partition coefficient (Wildman–Crippen LogP) is 7.23. The van der Waals surface area contributed by atoms with Gasteiger partial charge < -0.3 is 20.8 Å². The van der Waals surface area contributed by atoms with E-state index in [1.165, 1.54) is 30.3 Å². The van der Waals surface area contributed by atoms with Crippen LogP contribution in [0.2, 0.25) is 20.1 Å². The minimum atomic E-state index is -0.720. The highest BCUT2D eigenvalue weighted by molar-refractivity contribution is 6.38. The lowest BCUT2D eigenvalue weighted by molar-refractivity contribution is 0.0946. The highest BCUT2D eigenvalue weighted by atomic mass is 35.5. The number of fused-ring (bicyclic) bond motifs is 1. The number of anilines is 1. The lowest BCUT2D eigenvalue weighted by Crippen LogP contribution is -2.23. The summed E-state index contributed by atoms with van der Waals surface area (Å²) in [7, 11) is 0. The molecular weight excluding hydrogens is 499 g/mol. The van der Waals surface area contributed by atoms with Crippen molar-refractivity contribution in [3.8, 4) is 11.5 Å². The number of nitrogens with two attached hydrogens (primary N) is 1. The first-order valence-corrected chi connectivity index (χ1v) is 10.7. The fraction of sp³-hybridized carbons (Fsp3) is 0.0455. The van der Waals surface area contributed by atoms with Gasteiger partial charge in [-0.3, -0.25) is 4.79 Å². The lowest BCUT2D eigenvalue weighted by atomic mass is 10.2. The van der Waals surface area contributed by atoms with Gasteiger partial charge in [0, 0.05) is 44.8 Å². The van der Waals surface area contributed by atoms with Crippen molar-refractivity contribution in [2.45, 2.75) is 6.54 Å². The molecule has 1 heterocycles. The molecule has 0 fully saturated rings. The predicted molar refractivity (Wildman–Crippen MR) is 127 cm³/mol. The van der Waals surface area contributed by atoms with Crippen LogP contribution < -0.4 is 15.8 Å². The summed E-state index contributed by atoms with van der Waals surface area (Å²) >= 11 is 24.2. The zero-order valence-corrected chi connectivity index (χ0v) is 19.1. The van der Waals surface area contributed by atoms with Crippen molar-refractivity contribution < 1.29 is 13.9 Å². The van der Waals surface area contributed by atoms with Gasteiger partial charge in [-0.05, 0) is 36.4 Å². The minimum absolute atomic E-state index is 0.0539. The summed E-state index contributed by atoms with van der Waals surface area (Å²) in [5, 5.41) is 4.54. The number of aromatic nitrogens is 1. The molecule has 0 radical (unpaired) electrons. The summed E-state index contributed by atoms with van der Waals surface area (Å²) in [4.78, 5) is 15.5. The van der Waals surface area contributed by atoms with Crippen LogP contribution in [0.15, 0.2) is 48.5 Å². The van der Waals surface area contributed by atoms with Crippen molar-refractivity contribution in [1.29, 1.82) is 0 Å². The Morgan fingerprint density at radius 1 is 1.00 bits per heavy atom. The van der Waals surface area contributed by atoms with Gasteiger partial charge in [0.05, 0.1) is 10.0 Å². The molecule has 1 aromatic heterocycles. The molecular formula is C22H14Cl4FN3O2. The Labute approximate surface area is 202 Å². The quantitative estimate of drug-likeness (QED) is 0.247. The van der Waals surface area contributed by atoms with E-state index in [0.717, 1.165) is 0 Å². The van der Waals surface area contributed by atoms with Crippen LogP contribution in [0.3, 0.4) is 0 Å². The minimum Gasteiger partial charge on any atom is -0.453 e. The van der Waals surface area contributed by atoms with E-state index in [-0.39, 0.29) is 34.3 Å². The van der Waals surface area contributed by atoms with Crippen LogP contribution in [-0.4, -0.2) is 10.9 Å². The summed E-state index contributed by atoms with van der Waals surface area (Å²) in [6.07, 6.45) is 0. The van der Waals surface area contributed by atoms with Gasteiger partial charge in [-0.25, -0.2) is 4.39 Å². The Bertz CT molecular complexity index is 1340. The summed E-state index contributed by atoms with van der Waals surface area (Å²) < 4.78 is 20.7. The Hall–Kier alpha value is -2.64. The number of carbonyl (C=O) groups excluding carboxylic acids is 1. The van der Waals surface area contributed by atoms with Gasteiger partial charge in [-0.1, -0.05) is 52.5 Å². The molecule has 4 N–H and O–H groups in total. The average Bonchev–Trinajstić information content (AvgIpc) is 3.14. The van der Waals surface area contributed by atoms with Gasteiger partial charge >= 0.3 is 0 Å². The molecule has 0 spiro atoms. The van der Waals surface area contributed by atoms with Crippen LogP contribution in [0.5, 0.6) is 11.5 Å². The molecule has 10 heteroatoms. The summed E-state index contributed by atoms with van der Waals surface area (Å²) in [5.41, 5.74) is 7.14. The number of ether oxygens (including phenoxy) is 1. The number of hydrogen-bond donors (Lipinski definition) is 3. The zero-order valence-electron chi connectivity index (χ0n) is 16.1. The third-order valence-electron chi connectivity index (χ3n) is 4.58. The topological polar surface area (TPSA) is 80.1 Å². The molecule has 0 saturated carbocycles. The molecule has 0 aliphatic carbocycles. The molecule has 32 heavy (non-hydrogen) atoms. The average molecular weight is 513 g/mol. The van der Waals surface area contributed by atoms with Gasteiger partial charge in [-0.15, -0.1) is 0 Å². The molecule has 0 saturated heterocycles. The maximum atomic E-state index is 15.1. The van der Waals surface area contributed by atoms with E-state index < -0.39 is 11.7 Å². The van der Waals surface area contributed by atoms with Gasteiger partial charge in [0.15, 0.2) is 11.6 Å². The molecule has 0 aliphatic heterocycles. The lowest BCUT2D eigenvalue weighted by Gasteiger charge is -2.13. The Balaban J connectivity index is 1.54. The van der Waals surface area contributed by atoms with E-state index in [4.69, 9.17) is 56.9 Å². The molecule has 0 atom stereocenters. The number of rotatable bonds is 5. The second-order valence-corrected chi connectivity index (χ2v) is 8.57. The van der Waals surface area contributed by atoms with Gasteiger partial charge in [0.1, 0.15) is 11.4 Å². The molecule has 5 nitrogen and oxygen atoms in total. The fourth-order valence-electron chi connectivity index (χ4n) is 3.12. The highest BCUT2D eigenvalue weighted by Crippen LogP contribution is 2.35. The number of halogens is 5. The number of benzene rings is 3. The molecule has 0 unspecified atom stereocenters. The number of aromatic amines is 1.